The van der Waals surface area contributed by atoms with Crippen LogP contribution in [0.5, 0.6) is 0 Å². The number of nitrogens with one attached hydrogen (secondary N) is 1. The zero-order valence-electron chi connectivity index (χ0n) is 14.4. The molecule has 0 fully saturated rings. The van der Waals surface area contributed by atoms with Crippen molar-refractivity contribution >= 4 is 17.3 Å². The second-order valence-corrected chi connectivity index (χ2v) is 5.88. The molecule has 0 radical (unpaired) electrons. The number of benzene rings is 2. The molecule has 138 valence electrons. The smallest absolute Gasteiger partial charge is 0.274 e. The van der Waals surface area contributed by atoms with Gasteiger partial charge in [-0.25, -0.2) is 9.37 Å². The number of amides is 1. The minimum atomic E-state index is -0.491. The van der Waals surface area contributed by atoms with Gasteiger partial charge in [0.15, 0.2) is 11.7 Å². The van der Waals surface area contributed by atoms with Crippen molar-refractivity contribution in [1.29, 1.82) is 0 Å². The highest BCUT2D eigenvalue weighted by Crippen LogP contribution is 2.25. The first kappa shape index (κ1) is 18.2. The van der Waals surface area contributed by atoms with Gasteiger partial charge in [-0.2, -0.15) is 0 Å². The van der Waals surface area contributed by atoms with Gasteiger partial charge in [0, 0.05) is 24.5 Å². The second-order valence-electron chi connectivity index (χ2n) is 5.88. The number of carbonyl (C=O) groups excluding carboxylic acids is 1. The fourth-order valence-corrected chi connectivity index (χ4v) is 2.56. The fourth-order valence-electron chi connectivity index (χ4n) is 2.56. The van der Waals surface area contributed by atoms with Crippen LogP contribution in [-0.2, 0) is 11.2 Å². The number of oxazole rings is 1. The molecule has 1 amide bonds. The van der Waals surface area contributed by atoms with Crippen LogP contribution in [0.3, 0.4) is 0 Å². The largest absolute Gasteiger partial charge is 0.441 e. The number of aryl methyl sites for hydroxylation is 1. The molecular formula is C19H16FN3O4. The number of anilines is 1. The molecule has 0 aliphatic rings. The van der Waals surface area contributed by atoms with Crippen molar-refractivity contribution in [2.75, 3.05) is 5.32 Å². The molecule has 0 saturated heterocycles. The van der Waals surface area contributed by atoms with Crippen LogP contribution in [0, 0.1) is 22.9 Å². The molecule has 1 N–H and O–H groups in total. The number of nitrogens with zero attached hydrogens (tertiary/aromatic N) is 2. The Balaban J connectivity index is 1.61. The minimum absolute atomic E-state index is 0.0514. The minimum Gasteiger partial charge on any atom is -0.441 e. The number of carbonyl (C=O) groups is 1. The monoisotopic (exact) mass is 369 g/mol. The van der Waals surface area contributed by atoms with E-state index in [2.05, 4.69) is 10.3 Å². The van der Waals surface area contributed by atoms with Crippen LogP contribution in [0.4, 0.5) is 15.8 Å². The highest BCUT2D eigenvalue weighted by Gasteiger charge is 2.15. The predicted octanol–water partition coefficient (Wildman–Crippen LogP) is 4.27. The third kappa shape index (κ3) is 4.35. The van der Waals surface area contributed by atoms with Gasteiger partial charge in [-0.15, -0.1) is 0 Å². The van der Waals surface area contributed by atoms with Gasteiger partial charge in [0.25, 0.3) is 5.69 Å². The Morgan fingerprint density at radius 3 is 2.70 bits per heavy atom. The van der Waals surface area contributed by atoms with Gasteiger partial charge < -0.3 is 9.73 Å². The molecule has 1 aromatic heterocycles. The highest BCUT2D eigenvalue weighted by atomic mass is 19.1. The van der Waals surface area contributed by atoms with Crippen molar-refractivity contribution in [3.63, 3.8) is 0 Å². The molecule has 0 atom stereocenters. The van der Waals surface area contributed by atoms with E-state index in [1.54, 1.807) is 25.1 Å². The molecule has 7 nitrogen and oxygen atoms in total. The van der Waals surface area contributed by atoms with Crippen LogP contribution in [0.1, 0.15) is 17.9 Å². The molecule has 1 heterocycles. The number of rotatable bonds is 6. The van der Waals surface area contributed by atoms with E-state index in [9.17, 15) is 19.3 Å². The molecular weight excluding hydrogens is 353 g/mol. The Hall–Kier alpha value is -3.55. The van der Waals surface area contributed by atoms with Crippen molar-refractivity contribution in [3.8, 4) is 11.3 Å². The average molecular weight is 369 g/mol. The van der Waals surface area contributed by atoms with Gasteiger partial charge in [-0.1, -0.05) is 6.07 Å². The first-order valence-electron chi connectivity index (χ1n) is 8.18. The maximum atomic E-state index is 13.0. The van der Waals surface area contributed by atoms with Gasteiger partial charge in [-0.05, 0) is 37.3 Å². The predicted molar refractivity (Wildman–Crippen MR) is 96.7 cm³/mol. The molecule has 0 saturated carbocycles. The van der Waals surface area contributed by atoms with E-state index in [0.29, 0.717) is 28.5 Å². The van der Waals surface area contributed by atoms with E-state index in [1.165, 1.54) is 30.5 Å². The van der Waals surface area contributed by atoms with Gasteiger partial charge >= 0.3 is 0 Å². The maximum absolute atomic E-state index is 13.0. The molecule has 27 heavy (non-hydrogen) atoms. The zero-order valence-corrected chi connectivity index (χ0v) is 14.4. The molecule has 0 aliphatic heterocycles. The maximum Gasteiger partial charge on any atom is 0.274 e. The lowest BCUT2D eigenvalue weighted by atomic mass is 10.1. The summed E-state index contributed by atoms with van der Waals surface area (Å²) < 4.78 is 18.5. The van der Waals surface area contributed by atoms with Gasteiger partial charge in [0.05, 0.1) is 22.4 Å². The quantitative estimate of drug-likeness (QED) is 0.517. The van der Waals surface area contributed by atoms with Crippen molar-refractivity contribution in [3.05, 3.63) is 76.0 Å². The average Bonchev–Trinajstić information content (AvgIpc) is 3.11. The third-order valence-corrected chi connectivity index (χ3v) is 4.02. The van der Waals surface area contributed by atoms with E-state index in [4.69, 9.17) is 4.42 Å². The lowest BCUT2D eigenvalue weighted by Crippen LogP contribution is -2.13. The Morgan fingerprint density at radius 1 is 1.26 bits per heavy atom. The summed E-state index contributed by atoms with van der Waals surface area (Å²) in [4.78, 5) is 26.7. The Bertz CT molecular complexity index is 983. The molecule has 3 rings (SSSR count). The van der Waals surface area contributed by atoms with Crippen LogP contribution in [0.2, 0.25) is 0 Å². The van der Waals surface area contributed by atoms with Gasteiger partial charge in [0.1, 0.15) is 5.82 Å². The Labute approximate surface area is 154 Å². The van der Waals surface area contributed by atoms with Crippen LogP contribution < -0.4 is 5.32 Å². The summed E-state index contributed by atoms with van der Waals surface area (Å²) in [5, 5.41) is 13.6. The number of nitro groups is 1. The summed E-state index contributed by atoms with van der Waals surface area (Å²) in [7, 11) is 0. The van der Waals surface area contributed by atoms with E-state index in [-0.39, 0.29) is 30.3 Å². The number of hydrogen-bond donors (Lipinski definition) is 1. The number of nitro benzene ring substituents is 1. The number of hydrogen-bond acceptors (Lipinski definition) is 5. The van der Waals surface area contributed by atoms with E-state index >= 15 is 0 Å². The third-order valence-electron chi connectivity index (χ3n) is 4.02. The molecule has 3 aromatic rings. The summed E-state index contributed by atoms with van der Waals surface area (Å²) in [5.74, 6) is 0.215. The van der Waals surface area contributed by atoms with Crippen LogP contribution in [0.25, 0.3) is 11.3 Å². The zero-order chi connectivity index (χ0) is 19.4. The van der Waals surface area contributed by atoms with Crippen molar-refractivity contribution in [2.45, 2.75) is 19.8 Å². The van der Waals surface area contributed by atoms with Crippen molar-refractivity contribution in [2.24, 2.45) is 0 Å². The number of halogens is 1. The molecule has 8 heteroatoms. The number of aromatic nitrogens is 1. The lowest BCUT2D eigenvalue weighted by molar-refractivity contribution is -0.385. The second kappa shape index (κ2) is 7.77. The normalized spacial score (nSPS) is 10.6. The van der Waals surface area contributed by atoms with Gasteiger partial charge in [0.2, 0.25) is 5.91 Å². The standard InChI is InChI=1S/C19H16FN3O4/c1-12-15(3-2-4-16(12)23(25)26)22-18(24)9-10-19-21-11-17(27-19)13-5-7-14(20)8-6-13/h2-8,11H,9-10H2,1H3,(H,22,24). The van der Waals surface area contributed by atoms with Crippen molar-refractivity contribution in [1.82, 2.24) is 4.98 Å². The fraction of sp³-hybridized carbons (Fsp3) is 0.158. The molecule has 0 unspecified atom stereocenters. The first-order valence-corrected chi connectivity index (χ1v) is 8.18. The summed E-state index contributed by atoms with van der Waals surface area (Å²) in [6, 6.07) is 10.3. The first-order chi connectivity index (χ1) is 12.9. The van der Waals surface area contributed by atoms with Crippen molar-refractivity contribution < 1.29 is 18.5 Å². The summed E-state index contributed by atoms with van der Waals surface area (Å²) >= 11 is 0. The summed E-state index contributed by atoms with van der Waals surface area (Å²) in [6.07, 6.45) is 1.89. The summed E-state index contributed by atoms with van der Waals surface area (Å²) in [5.41, 5.74) is 1.43. The topological polar surface area (TPSA) is 98.3 Å². The molecule has 2 aromatic carbocycles. The van der Waals surface area contributed by atoms with Crippen LogP contribution in [0.15, 0.2) is 53.1 Å². The Morgan fingerprint density at radius 2 is 2.00 bits per heavy atom. The molecule has 0 aliphatic carbocycles. The van der Waals surface area contributed by atoms with Gasteiger partial charge in [-0.3, -0.25) is 14.9 Å². The van der Waals surface area contributed by atoms with Crippen LogP contribution in [-0.4, -0.2) is 15.8 Å². The molecule has 0 bridgehead atoms. The SMILES string of the molecule is Cc1c(NC(=O)CCc2ncc(-c3ccc(F)cc3)o2)cccc1[N+](=O)[O-]. The van der Waals surface area contributed by atoms with Crippen LogP contribution >= 0.6 is 0 Å². The van der Waals surface area contributed by atoms with E-state index in [1.807, 2.05) is 0 Å². The lowest BCUT2D eigenvalue weighted by Gasteiger charge is -2.08. The highest BCUT2D eigenvalue weighted by molar-refractivity contribution is 5.92. The Kier molecular flexibility index (Phi) is 5.25. The summed E-state index contributed by atoms with van der Waals surface area (Å²) in [6.45, 7) is 1.58. The van der Waals surface area contributed by atoms with E-state index in [0.717, 1.165) is 0 Å². The molecule has 0 spiro atoms. The van der Waals surface area contributed by atoms with E-state index < -0.39 is 4.92 Å².